The standard InChI is InChI=1S/C20H9/c1-3-13-5-7-15-9-10-16-8-6-14(4-2)18-12-11-17(13)19(15)20(16)18/h1,5-12H/q+1. The molecule has 0 atom stereocenters. The first kappa shape index (κ1) is 11.1. The molecule has 4 aromatic rings. The molecule has 0 saturated heterocycles. The van der Waals surface area contributed by atoms with Crippen molar-refractivity contribution in [3.8, 4) is 18.3 Å². The van der Waals surface area contributed by atoms with Gasteiger partial charge in [-0.1, -0.05) is 0 Å². The molecular weight excluding hydrogens is 240 g/mol. The van der Waals surface area contributed by atoms with Gasteiger partial charge in [0, 0.05) is 0 Å². The fourth-order valence-electron chi connectivity index (χ4n) is 3.04. The molecule has 0 N–H and O–H groups in total. The Morgan fingerprint density at radius 1 is 0.700 bits per heavy atom. The van der Waals surface area contributed by atoms with Crippen molar-refractivity contribution >= 4 is 32.3 Å². The van der Waals surface area contributed by atoms with Crippen LogP contribution in [-0.2, 0) is 0 Å². The topological polar surface area (TPSA) is 0 Å². The molecule has 0 aliphatic carbocycles. The molecular formula is C20H9+. The molecule has 0 aliphatic heterocycles. The third-order valence-corrected chi connectivity index (χ3v) is 3.95. The second kappa shape index (κ2) is 3.87. The molecule has 0 aliphatic rings. The molecule has 88 valence electrons. The van der Waals surface area contributed by atoms with Gasteiger partial charge in [-0.25, -0.2) is 0 Å². The molecule has 0 aromatic heterocycles. The summed E-state index contributed by atoms with van der Waals surface area (Å²) in [4.78, 5) is 0. The van der Waals surface area contributed by atoms with Crippen LogP contribution in [0.3, 0.4) is 0 Å². The summed E-state index contributed by atoms with van der Waals surface area (Å²) in [6, 6.07) is 16.4. The first-order chi connectivity index (χ1) is 9.83. The predicted molar refractivity (Wildman–Crippen MR) is 84.3 cm³/mol. The van der Waals surface area contributed by atoms with Crippen LogP contribution in [0.2, 0.25) is 0 Å². The number of benzene rings is 4. The fourth-order valence-corrected chi connectivity index (χ4v) is 3.04. The van der Waals surface area contributed by atoms with Gasteiger partial charge >= 0.3 is 117 Å². The van der Waals surface area contributed by atoms with Gasteiger partial charge in [0.05, 0.1) is 0 Å². The van der Waals surface area contributed by atoms with E-state index in [2.05, 4.69) is 36.1 Å². The van der Waals surface area contributed by atoms with E-state index in [1.54, 1.807) is 0 Å². The molecule has 0 amide bonds. The first-order valence-electron chi connectivity index (χ1n) is 6.43. The van der Waals surface area contributed by atoms with E-state index in [4.69, 9.17) is 12.8 Å². The van der Waals surface area contributed by atoms with Gasteiger partial charge in [0.1, 0.15) is 0 Å². The monoisotopic (exact) mass is 249 g/mol. The van der Waals surface area contributed by atoms with Crippen LogP contribution < -0.4 is 0 Å². The molecule has 4 aromatic carbocycles. The van der Waals surface area contributed by atoms with Crippen LogP contribution in [0.1, 0.15) is 11.1 Å². The van der Waals surface area contributed by atoms with Crippen molar-refractivity contribution in [1.82, 2.24) is 0 Å². The summed E-state index contributed by atoms with van der Waals surface area (Å²) in [7, 11) is 0. The Hall–Kier alpha value is -2.74. The van der Waals surface area contributed by atoms with E-state index in [9.17, 15) is 0 Å². The zero-order chi connectivity index (χ0) is 13.7. The van der Waals surface area contributed by atoms with Crippen LogP contribution >= 0.6 is 0 Å². The number of hydrogen-bond donors (Lipinski definition) is 0. The second-order valence-corrected chi connectivity index (χ2v) is 4.92. The van der Waals surface area contributed by atoms with Gasteiger partial charge < -0.3 is 0 Å². The zero-order valence-electron chi connectivity index (χ0n) is 10.7. The Morgan fingerprint density at radius 2 is 1.20 bits per heavy atom. The van der Waals surface area contributed by atoms with Crippen molar-refractivity contribution < 1.29 is 0 Å². The van der Waals surface area contributed by atoms with Crippen molar-refractivity contribution in [3.63, 3.8) is 0 Å². The fraction of sp³-hybridized carbons (Fsp3) is 0. The van der Waals surface area contributed by atoms with E-state index in [-0.39, 0.29) is 0 Å². The van der Waals surface area contributed by atoms with Gasteiger partial charge in [-0.05, 0) is 0 Å². The van der Waals surface area contributed by atoms with Gasteiger partial charge in [-0.3, -0.25) is 0 Å². The average Bonchev–Trinajstić information content (AvgIpc) is 2.52. The quantitative estimate of drug-likeness (QED) is 0.244. The number of rotatable bonds is 0. The normalized spacial score (nSPS) is 11.1. The van der Waals surface area contributed by atoms with E-state index in [1.165, 1.54) is 21.5 Å². The van der Waals surface area contributed by atoms with Gasteiger partial charge in [0.15, 0.2) is 0 Å². The summed E-state index contributed by atoms with van der Waals surface area (Å²) in [6.07, 6.45) is 13.1. The predicted octanol–water partition coefficient (Wildman–Crippen LogP) is 4.50. The van der Waals surface area contributed by atoms with Crippen molar-refractivity contribution in [2.75, 3.05) is 0 Å². The third kappa shape index (κ3) is 1.28. The summed E-state index contributed by atoms with van der Waals surface area (Å²) < 4.78 is 0. The Bertz CT molecular complexity index is 966. The maximum absolute atomic E-state index is 7.45. The van der Waals surface area contributed by atoms with Crippen LogP contribution in [0, 0.1) is 24.7 Å². The summed E-state index contributed by atoms with van der Waals surface area (Å²) in [5.74, 6) is 5.28. The summed E-state index contributed by atoms with van der Waals surface area (Å²) in [6.45, 7) is 0. The van der Waals surface area contributed by atoms with Crippen molar-refractivity contribution in [1.29, 1.82) is 0 Å². The number of terminal acetylenes is 1. The first-order valence-corrected chi connectivity index (χ1v) is 6.43. The van der Waals surface area contributed by atoms with Crippen molar-refractivity contribution in [2.24, 2.45) is 0 Å². The van der Waals surface area contributed by atoms with E-state index in [1.807, 2.05) is 24.3 Å². The molecule has 0 heteroatoms. The van der Waals surface area contributed by atoms with E-state index < -0.39 is 0 Å². The SMILES string of the molecule is [C+]#Cc1ccc2ccc3ccc(C#C)c4ccc1c2c34. The molecule has 0 fully saturated rings. The van der Waals surface area contributed by atoms with E-state index in [0.717, 1.165) is 21.9 Å². The molecule has 20 heavy (non-hydrogen) atoms. The van der Waals surface area contributed by atoms with Crippen LogP contribution in [0.15, 0.2) is 48.5 Å². The Labute approximate surface area is 117 Å². The second-order valence-electron chi connectivity index (χ2n) is 4.92. The Kier molecular flexibility index (Phi) is 2.15. The van der Waals surface area contributed by atoms with Crippen molar-refractivity contribution in [2.45, 2.75) is 0 Å². The third-order valence-electron chi connectivity index (χ3n) is 3.95. The molecule has 4 rings (SSSR count). The minimum absolute atomic E-state index is 0.818. The molecule has 0 radical (unpaired) electrons. The molecule has 0 nitrogen and oxygen atoms in total. The zero-order valence-corrected chi connectivity index (χ0v) is 10.7. The van der Waals surface area contributed by atoms with Crippen LogP contribution in [0.4, 0.5) is 0 Å². The summed E-state index contributed by atoms with van der Waals surface area (Å²) in [5, 5.41) is 6.88. The summed E-state index contributed by atoms with van der Waals surface area (Å²) in [5.41, 5.74) is 1.73. The molecule has 0 saturated carbocycles. The maximum atomic E-state index is 7.45. The van der Waals surface area contributed by atoms with Gasteiger partial charge in [0.2, 0.25) is 0 Å². The molecule has 0 spiro atoms. The average molecular weight is 249 g/mol. The van der Waals surface area contributed by atoms with Gasteiger partial charge in [-0.2, -0.15) is 0 Å². The van der Waals surface area contributed by atoms with Crippen LogP contribution in [0.25, 0.3) is 32.3 Å². The minimum atomic E-state index is 0.818. The molecule has 0 unspecified atom stereocenters. The molecule has 0 heterocycles. The van der Waals surface area contributed by atoms with E-state index in [0.29, 0.717) is 0 Å². The van der Waals surface area contributed by atoms with Crippen LogP contribution in [0.5, 0.6) is 0 Å². The molecule has 0 bridgehead atoms. The summed E-state index contributed by atoms with van der Waals surface area (Å²) >= 11 is 0. The van der Waals surface area contributed by atoms with Crippen LogP contribution in [-0.4, -0.2) is 0 Å². The number of hydrogen-bond acceptors (Lipinski definition) is 0. The van der Waals surface area contributed by atoms with E-state index >= 15 is 0 Å². The van der Waals surface area contributed by atoms with Gasteiger partial charge in [-0.15, -0.1) is 0 Å². The Balaban J connectivity index is 2.42. The van der Waals surface area contributed by atoms with Gasteiger partial charge in [0.25, 0.3) is 0 Å². The Morgan fingerprint density at radius 3 is 1.75 bits per heavy atom. The van der Waals surface area contributed by atoms with Crippen molar-refractivity contribution in [3.05, 3.63) is 66.1 Å².